The molecule has 0 saturated heterocycles. The number of nitrogens with zero attached hydrogens (tertiary/aromatic N) is 1. The van der Waals surface area contributed by atoms with Crippen LogP contribution >= 0.6 is 12.8 Å². The molecule has 0 aliphatic carbocycles. The zero-order valence-corrected chi connectivity index (χ0v) is 6.91. The van der Waals surface area contributed by atoms with Crippen molar-refractivity contribution in [1.82, 2.24) is 4.31 Å². The molecule has 0 radical (unpaired) electrons. The topological polar surface area (TPSA) is 3.24 Å². The second-order valence-electron chi connectivity index (χ2n) is 2.59. The lowest BCUT2D eigenvalue weighted by molar-refractivity contribution is 0.508. The molecule has 1 heterocycles. The van der Waals surface area contributed by atoms with Gasteiger partial charge in [0.1, 0.15) is 0 Å². The van der Waals surface area contributed by atoms with Crippen molar-refractivity contribution in [2.24, 2.45) is 0 Å². The molecule has 0 atom stereocenters. The van der Waals surface area contributed by atoms with Crippen LogP contribution in [-0.2, 0) is 0 Å². The van der Waals surface area contributed by atoms with Gasteiger partial charge in [-0.05, 0) is 26.7 Å². The van der Waals surface area contributed by atoms with E-state index in [1.54, 1.807) is 0 Å². The van der Waals surface area contributed by atoms with Gasteiger partial charge in [-0.15, -0.1) is 0 Å². The third-order valence-electron chi connectivity index (χ3n) is 1.93. The Morgan fingerprint density at radius 2 is 2.11 bits per heavy atom. The summed E-state index contributed by atoms with van der Waals surface area (Å²) < 4.78 is 2.03. The third kappa shape index (κ3) is 1.42. The van der Waals surface area contributed by atoms with Crippen LogP contribution in [0.2, 0.25) is 0 Å². The van der Waals surface area contributed by atoms with E-state index in [0.29, 0.717) is 0 Å². The fraction of sp³-hybridized carbons (Fsp3) is 0.714. The van der Waals surface area contributed by atoms with E-state index in [1.807, 2.05) is 4.31 Å². The van der Waals surface area contributed by atoms with Crippen molar-refractivity contribution in [2.75, 3.05) is 6.54 Å². The first-order valence-corrected chi connectivity index (χ1v) is 3.74. The molecule has 0 bridgehead atoms. The molecule has 0 aromatic carbocycles. The van der Waals surface area contributed by atoms with Crippen molar-refractivity contribution in [3.05, 3.63) is 11.3 Å². The predicted molar refractivity (Wildman–Crippen MR) is 43.3 cm³/mol. The highest BCUT2D eigenvalue weighted by Gasteiger charge is 2.09. The quantitative estimate of drug-likeness (QED) is 0.509. The molecule has 0 aromatic rings. The molecule has 1 rings (SSSR count). The number of rotatable bonds is 0. The van der Waals surface area contributed by atoms with Crippen LogP contribution in [0.3, 0.4) is 0 Å². The highest BCUT2D eigenvalue weighted by Crippen LogP contribution is 2.21. The van der Waals surface area contributed by atoms with E-state index >= 15 is 0 Å². The van der Waals surface area contributed by atoms with Crippen molar-refractivity contribution in [2.45, 2.75) is 26.7 Å². The molecule has 0 aromatic heterocycles. The van der Waals surface area contributed by atoms with Crippen molar-refractivity contribution in [3.8, 4) is 0 Å². The molecular formula is C7H13NS. The average molecular weight is 143 g/mol. The predicted octanol–water partition coefficient (Wildman–Crippen LogP) is 2.22. The Bertz CT molecular complexity index is 140. The van der Waals surface area contributed by atoms with Gasteiger partial charge in [-0.2, -0.15) is 0 Å². The summed E-state index contributed by atoms with van der Waals surface area (Å²) in [5, 5.41) is 0. The first kappa shape index (κ1) is 7.00. The minimum Gasteiger partial charge on any atom is -0.323 e. The first-order chi connectivity index (χ1) is 4.22. The maximum absolute atomic E-state index is 4.29. The van der Waals surface area contributed by atoms with Crippen LogP contribution in [-0.4, -0.2) is 10.8 Å². The van der Waals surface area contributed by atoms with Crippen LogP contribution in [0, 0.1) is 0 Å². The van der Waals surface area contributed by atoms with Gasteiger partial charge in [0.15, 0.2) is 0 Å². The Hall–Kier alpha value is -0.110. The fourth-order valence-electron chi connectivity index (χ4n) is 1.06. The number of hydrogen-bond acceptors (Lipinski definition) is 2. The number of thiol groups is 1. The molecule has 52 valence electrons. The second-order valence-corrected chi connectivity index (χ2v) is 3.08. The van der Waals surface area contributed by atoms with E-state index in [2.05, 4.69) is 26.7 Å². The molecule has 0 N–H and O–H groups in total. The summed E-state index contributed by atoms with van der Waals surface area (Å²) in [7, 11) is 0. The second kappa shape index (κ2) is 2.65. The Morgan fingerprint density at radius 3 is 2.56 bits per heavy atom. The van der Waals surface area contributed by atoms with Crippen LogP contribution in [0.4, 0.5) is 0 Å². The van der Waals surface area contributed by atoms with Gasteiger partial charge in [0.2, 0.25) is 0 Å². The highest BCUT2D eigenvalue weighted by atomic mass is 32.1. The van der Waals surface area contributed by atoms with Gasteiger partial charge < -0.3 is 4.31 Å². The van der Waals surface area contributed by atoms with Gasteiger partial charge in [-0.25, -0.2) is 0 Å². The summed E-state index contributed by atoms with van der Waals surface area (Å²) in [5.41, 5.74) is 2.82. The Balaban J connectivity index is 2.72. The molecule has 2 heteroatoms. The Morgan fingerprint density at radius 1 is 1.44 bits per heavy atom. The fourth-order valence-corrected chi connectivity index (χ4v) is 1.38. The molecule has 9 heavy (non-hydrogen) atoms. The van der Waals surface area contributed by atoms with Crippen LogP contribution in [0.1, 0.15) is 26.7 Å². The molecule has 1 aliphatic heterocycles. The molecule has 0 fully saturated rings. The minimum atomic E-state index is 1.10. The molecule has 0 unspecified atom stereocenters. The van der Waals surface area contributed by atoms with Gasteiger partial charge in [-0.1, -0.05) is 18.4 Å². The largest absolute Gasteiger partial charge is 0.323 e. The van der Waals surface area contributed by atoms with E-state index in [0.717, 1.165) is 6.54 Å². The van der Waals surface area contributed by atoms with Crippen molar-refractivity contribution in [3.63, 3.8) is 0 Å². The molecule has 0 amide bonds. The van der Waals surface area contributed by atoms with Crippen molar-refractivity contribution in [1.29, 1.82) is 0 Å². The van der Waals surface area contributed by atoms with Crippen LogP contribution < -0.4 is 0 Å². The van der Waals surface area contributed by atoms with Gasteiger partial charge in [0.25, 0.3) is 0 Å². The van der Waals surface area contributed by atoms with Crippen LogP contribution in [0.15, 0.2) is 11.3 Å². The molecule has 1 aliphatic rings. The van der Waals surface area contributed by atoms with Gasteiger partial charge in [0.05, 0.1) is 0 Å². The molecule has 1 nitrogen and oxygen atoms in total. The monoisotopic (exact) mass is 143 g/mol. The van der Waals surface area contributed by atoms with E-state index in [9.17, 15) is 0 Å². The third-order valence-corrected chi connectivity index (χ3v) is 2.43. The summed E-state index contributed by atoms with van der Waals surface area (Å²) in [6.07, 6.45) is 2.51. The van der Waals surface area contributed by atoms with Gasteiger partial charge in [0, 0.05) is 12.2 Å². The summed E-state index contributed by atoms with van der Waals surface area (Å²) in [4.78, 5) is 0. The molecule has 0 spiro atoms. The van der Waals surface area contributed by atoms with Crippen molar-refractivity contribution >= 4 is 12.8 Å². The lowest BCUT2D eigenvalue weighted by Gasteiger charge is -2.25. The summed E-state index contributed by atoms with van der Waals surface area (Å²) in [5.74, 6) is 0. The summed E-state index contributed by atoms with van der Waals surface area (Å²) in [6.45, 7) is 5.41. The van der Waals surface area contributed by atoms with E-state index in [4.69, 9.17) is 0 Å². The smallest absolute Gasteiger partial charge is 0.0292 e. The molecular weight excluding hydrogens is 130 g/mol. The maximum atomic E-state index is 4.29. The standard InChI is InChI=1S/C7H13NS/c1-6-4-3-5-8(9)7(6)2/h9H,3-5H2,1-2H3. The van der Waals surface area contributed by atoms with Crippen molar-refractivity contribution < 1.29 is 0 Å². The minimum absolute atomic E-state index is 1.10. The van der Waals surface area contributed by atoms with E-state index < -0.39 is 0 Å². The lowest BCUT2D eigenvalue weighted by atomic mass is 10.1. The Kier molecular flexibility index (Phi) is 2.06. The summed E-state index contributed by atoms with van der Waals surface area (Å²) >= 11 is 4.29. The van der Waals surface area contributed by atoms with Crippen LogP contribution in [0.25, 0.3) is 0 Å². The van der Waals surface area contributed by atoms with Gasteiger partial charge >= 0.3 is 0 Å². The molecule has 0 saturated carbocycles. The summed E-state index contributed by atoms with van der Waals surface area (Å²) in [6, 6.07) is 0. The van der Waals surface area contributed by atoms with E-state index in [-0.39, 0.29) is 0 Å². The highest BCUT2D eigenvalue weighted by molar-refractivity contribution is 7.77. The Labute approximate surface area is 62.3 Å². The van der Waals surface area contributed by atoms with Crippen LogP contribution in [0.5, 0.6) is 0 Å². The van der Waals surface area contributed by atoms with Gasteiger partial charge in [-0.3, -0.25) is 0 Å². The number of hydrogen-bond donors (Lipinski definition) is 1. The number of allylic oxidation sites excluding steroid dienone is 2. The average Bonchev–Trinajstić information content (AvgIpc) is 1.83. The normalized spacial score (nSPS) is 21.0. The zero-order chi connectivity index (χ0) is 6.85. The lowest BCUT2D eigenvalue weighted by Crippen LogP contribution is -2.17. The maximum Gasteiger partial charge on any atom is 0.0292 e. The zero-order valence-electron chi connectivity index (χ0n) is 6.02. The first-order valence-electron chi connectivity index (χ1n) is 3.34. The SMILES string of the molecule is CC1=C(C)N(S)CCC1. The van der Waals surface area contributed by atoms with E-state index in [1.165, 1.54) is 24.1 Å².